The first kappa shape index (κ1) is 18.8. The molecule has 148 valence electrons. The maximum atomic E-state index is 12.5. The molecule has 0 unspecified atom stereocenters. The number of benzene rings is 2. The van der Waals surface area contributed by atoms with E-state index in [1.165, 1.54) is 5.56 Å². The van der Waals surface area contributed by atoms with Crippen LogP contribution in [-0.4, -0.2) is 61.7 Å². The second-order valence-corrected chi connectivity index (χ2v) is 7.12. The van der Waals surface area contributed by atoms with E-state index in [1.807, 2.05) is 37.3 Å². The van der Waals surface area contributed by atoms with E-state index in [9.17, 15) is 4.79 Å². The number of ether oxygens (including phenoxy) is 3. The van der Waals surface area contributed by atoms with Crippen molar-refractivity contribution in [3.8, 4) is 17.2 Å². The Morgan fingerprint density at radius 2 is 1.68 bits per heavy atom. The highest BCUT2D eigenvalue weighted by Crippen LogP contribution is 2.32. The summed E-state index contributed by atoms with van der Waals surface area (Å²) in [6, 6.07) is 13.6. The van der Waals surface area contributed by atoms with Crippen LogP contribution < -0.4 is 14.2 Å². The van der Waals surface area contributed by atoms with E-state index in [1.54, 1.807) is 0 Å². The molecule has 1 saturated heterocycles. The van der Waals surface area contributed by atoms with Gasteiger partial charge in [0.1, 0.15) is 5.75 Å². The summed E-state index contributed by atoms with van der Waals surface area (Å²) in [5, 5.41) is 0. The molecule has 2 aromatic carbocycles. The molecule has 0 amide bonds. The smallest absolute Gasteiger partial charge is 0.231 e. The number of fused-ring (bicyclic) bond motifs is 1. The van der Waals surface area contributed by atoms with E-state index in [4.69, 9.17) is 14.2 Å². The summed E-state index contributed by atoms with van der Waals surface area (Å²) in [6.45, 7) is 7.93. The minimum absolute atomic E-state index is 0.160. The van der Waals surface area contributed by atoms with Crippen LogP contribution in [0.15, 0.2) is 42.5 Å². The minimum Gasteiger partial charge on any atom is -0.494 e. The molecule has 1 fully saturated rings. The molecule has 6 heteroatoms. The van der Waals surface area contributed by atoms with Gasteiger partial charge in [-0.3, -0.25) is 14.6 Å². The Morgan fingerprint density at radius 3 is 2.43 bits per heavy atom. The number of carbonyl (C=O) groups excluding carboxylic acids is 1. The van der Waals surface area contributed by atoms with E-state index < -0.39 is 0 Å². The molecule has 0 aliphatic carbocycles. The normalized spacial score (nSPS) is 16.9. The lowest BCUT2D eigenvalue weighted by molar-refractivity contribution is 0.0843. The average molecular weight is 382 g/mol. The Kier molecular flexibility index (Phi) is 5.78. The minimum atomic E-state index is 0.160. The third-order valence-corrected chi connectivity index (χ3v) is 5.16. The Bertz CT molecular complexity index is 814. The van der Waals surface area contributed by atoms with E-state index in [0.29, 0.717) is 19.9 Å². The SMILES string of the molecule is CCOc1ccc(C(=O)CN2CCN(Cc3ccc4c(c3)OCO4)CC2)cc1. The van der Waals surface area contributed by atoms with Crippen molar-refractivity contribution in [2.24, 2.45) is 0 Å². The van der Waals surface area contributed by atoms with E-state index >= 15 is 0 Å². The summed E-state index contributed by atoms with van der Waals surface area (Å²) >= 11 is 0. The summed E-state index contributed by atoms with van der Waals surface area (Å²) in [6.07, 6.45) is 0. The molecule has 2 aliphatic heterocycles. The maximum Gasteiger partial charge on any atom is 0.231 e. The lowest BCUT2D eigenvalue weighted by Crippen LogP contribution is -2.47. The molecule has 6 nitrogen and oxygen atoms in total. The number of rotatable bonds is 7. The van der Waals surface area contributed by atoms with Crippen LogP contribution in [0.1, 0.15) is 22.8 Å². The van der Waals surface area contributed by atoms with Crippen LogP contribution in [0.2, 0.25) is 0 Å². The number of nitrogens with zero attached hydrogens (tertiary/aromatic N) is 2. The van der Waals surface area contributed by atoms with Gasteiger partial charge in [-0.25, -0.2) is 0 Å². The summed E-state index contributed by atoms with van der Waals surface area (Å²) in [4.78, 5) is 17.2. The van der Waals surface area contributed by atoms with Gasteiger partial charge >= 0.3 is 0 Å². The number of Topliss-reactive ketones (excluding diaryl/α,β-unsaturated/α-hetero) is 1. The van der Waals surface area contributed by atoms with Gasteiger partial charge in [-0.15, -0.1) is 0 Å². The fraction of sp³-hybridized carbons (Fsp3) is 0.409. The van der Waals surface area contributed by atoms with Crippen LogP contribution >= 0.6 is 0 Å². The largest absolute Gasteiger partial charge is 0.494 e. The first-order valence-electron chi connectivity index (χ1n) is 9.80. The van der Waals surface area contributed by atoms with Gasteiger partial charge in [0.05, 0.1) is 13.2 Å². The van der Waals surface area contributed by atoms with Crippen molar-refractivity contribution < 1.29 is 19.0 Å². The molecule has 2 aliphatic rings. The zero-order valence-electron chi connectivity index (χ0n) is 16.2. The van der Waals surface area contributed by atoms with Crippen molar-refractivity contribution >= 4 is 5.78 Å². The summed E-state index contributed by atoms with van der Waals surface area (Å²) in [7, 11) is 0. The monoisotopic (exact) mass is 382 g/mol. The highest BCUT2D eigenvalue weighted by Gasteiger charge is 2.21. The van der Waals surface area contributed by atoms with Gasteiger partial charge in [0, 0.05) is 38.3 Å². The summed E-state index contributed by atoms with van der Waals surface area (Å²) < 4.78 is 16.3. The lowest BCUT2D eigenvalue weighted by atomic mass is 10.1. The fourth-order valence-electron chi connectivity index (χ4n) is 3.60. The lowest BCUT2D eigenvalue weighted by Gasteiger charge is -2.34. The standard InChI is InChI=1S/C22H26N2O4/c1-2-26-19-6-4-18(5-7-19)20(25)15-24-11-9-23(10-12-24)14-17-3-8-21-22(13-17)28-16-27-21/h3-8,13H,2,9-12,14-16H2,1H3. The molecule has 0 spiro atoms. The van der Waals surface area contributed by atoms with Gasteiger partial charge < -0.3 is 14.2 Å². The first-order valence-corrected chi connectivity index (χ1v) is 9.80. The predicted molar refractivity (Wildman–Crippen MR) is 106 cm³/mol. The van der Waals surface area contributed by atoms with Crippen molar-refractivity contribution in [3.05, 3.63) is 53.6 Å². The molecule has 0 radical (unpaired) electrons. The van der Waals surface area contributed by atoms with Crippen molar-refractivity contribution in [2.45, 2.75) is 13.5 Å². The Morgan fingerprint density at radius 1 is 0.964 bits per heavy atom. The van der Waals surface area contributed by atoms with E-state index in [-0.39, 0.29) is 5.78 Å². The van der Waals surface area contributed by atoms with Crippen LogP contribution in [0.5, 0.6) is 17.2 Å². The summed E-state index contributed by atoms with van der Waals surface area (Å²) in [5.41, 5.74) is 1.97. The molecule has 0 bridgehead atoms. The quantitative estimate of drug-likeness (QED) is 0.687. The van der Waals surface area contributed by atoms with E-state index in [0.717, 1.165) is 55.5 Å². The average Bonchev–Trinajstić information content (AvgIpc) is 3.18. The molecule has 2 aromatic rings. The Hall–Kier alpha value is -2.57. The number of hydrogen-bond acceptors (Lipinski definition) is 6. The fourth-order valence-corrected chi connectivity index (χ4v) is 3.60. The second kappa shape index (κ2) is 8.63. The number of carbonyl (C=O) groups is 1. The molecule has 0 atom stereocenters. The first-order chi connectivity index (χ1) is 13.7. The van der Waals surface area contributed by atoms with Crippen LogP contribution in [-0.2, 0) is 6.54 Å². The molecule has 0 aromatic heterocycles. The Labute approximate surface area is 165 Å². The Balaban J connectivity index is 1.25. The molecule has 0 saturated carbocycles. The van der Waals surface area contributed by atoms with Crippen LogP contribution in [0.25, 0.3) is 0 Å². The number of ketones is 1. The molecule has 0 N–H and O–H groups in total. The topological polar surface area (TPSA) is 51.2 Å². The third-order valence-electron chi connectivity index (χ3n) is 5.16. The van der Waals surface area contributed by atoms with Gasteiger partial charge in [-0.05, 0) is 48.9 Å². The molecular weight excluding hydrogens is 356 g/mol. The van der Waals surface area contributed by atoms with Gasteiger partial charge in [-0.1, -0.05) is 6.07 Å². The molecule has 4 rings (SSSR count). The van der Waals surface area contributed by atoms with Crippen molar-refractivity contribution in [2.75, 3.05) is 46.1 Å². The van der Waals surface area contributed by atoms with Crippen molar-refractivity contribution in [1.82, 2.24) is 9.80 Å². The highest BCUT2D eigenvalue weighted by molar-refractivity contribution is 5.97. The van der Waals surface area contributed by atoms with Gasteiger partial charge in [0.25, 0.3) is 0 Å². The number of piperazine rings is 1. The van der Waals surface area contributed by atoms with E-state index in [2.05, 4.69) is 21.9 Å². The maximum absolute atomic E-state index is 12.5. The van der Waals surface area contributed by atoms with Crippen LogP contribution in [0, 0.1) is 0 Å². The summed E-state index contributed by atoms with van der Waals surface area (Å²) in [5.74, 6) is 2.61. The van der Waals surface area contributed by atoms with Crippen LogP contribution in [0.3, 0.4) is 0 Å². The molecule has 28 heavy (non-hydrogen) atoms. The zero-order valence-corrected chi connectivity index (χ0v) is 16.2. The predicted octanol–water partition coefficient (Wildman–Crippen LogP) is 2.81. The second-order valence-electron chi connectivity index (χ2n) is 7.12. The molecule has 2 heterocycles. The number of hydrogen-bond donors (Lipinski definition) is 0. The van der Waals surface area contributed by atoms with Crippen LogP contribution in [0.4, 0.5) is 0 Å². The van der Waals surface area contributed by atoms with Gasteiger partial charge in [-0.2, -0.15) is 0 Å². The highest BCUT2D eigenvalue weighted by atomic mass is 16.7. The van der Waals surface area contributed by atoms with Crippen molar-refractivity contribution in [1.29, 1.82) is 0 Å². The van der Waals surface area contributed by atoms with Crippen molar-refractivity contribution in [3.63, 3.8) is 0 Å². The molecular formula is C22H26N2O4. The van der Waals surface area contributed by atoms with Gasteiger partial charge in [0.2, 0.25) is 6.79 Å². The zero-order chi connectivity index (χ0) is 19.3. The van der Waals surface area contributed by atoms with Gasteiger partial charge in [0.15, 0.2) is 17.3 Å². The third kappa shape index (κ3) is 4.46.